The second kappa shape index (κ2) is 5.54. The zero-order valence-electron chi connectivity index (χ0n) is 7.29. The summed E-state index contributed by atoms with van der Waals surface area (Å²) in [5.74, 6) is -0.675. The monoisotopic (exact) mass is 174 g/mol. The Bertz CT molecular complexity index is 170. The molecule has 0 saturated carbocycles. The zero-order chi connectivity index (χ0) is 9.56. The summed E-state index contributed by atoms with van der Waals surface area (Å²) in [6, 6.07) is -0.231. The van der Waals surface area contributed by atoms with Crippen molar-refractivity contribution in [3.05, 3.63) is 0 Å². The Balaban J connectivity index is 3.61. The van der Waals surface area contributed by atoms with Gasteiger partial charge in [-0.3, -0.25) is 9.59 Å². The van der Waals surface area contributed by atoms with E-state index in [2.05, 4.69) is 10.1 Å². The molecule has 3 N–H and O–H groups in total. The summed E-state index contributed by atoms with van der Waals surface area (Å²) >= 11 is 0. The van der Waals surface area contributed by atoms with Gasteiger partial charge >= 0.3 is 0 Å². The van der Waals surface area contributed by atoms with E-state index >= 15 is 0 Å². The SMILES string of the molecule is COCC(=O)NC(C)CC(N)=O. The molecule has 0 aliphatic rings. The average Bonchev–Trinajstić information content (AvgIpc) is 1.84. The van der Waals surface area contributed by atoms with Crippen LogP contribution in [0.2, 0.25) is 0 Å². The van der Waals surface area contributed by atoms with Gasteiger partial charge in [-0.1, -0.05) is 0 Å². The third kappa shape index (κ3) is 5.67. The van der Waals surface area contributed by atoms with Crippen molar-refractivity contribution < 1.29 is 14.3 Å². The van der Waals surface area contributed by atoms with Crippen LogP contribution in [0.5, 0.6) is 0 Å². The molecule has 0 aromatic carbocycles. The zero-order valence-corrected chi connectivity index (χ0v) is 7.29. The summed E-state index contributed by atoms with van der Waals surface area (Å²) in [5.41, 5.74) is 4.92. The Morgan fingerprint density at radius 2 is 2.17 bits per heavy atom. The predicted octanol–water partition coefficient (Wildman–Crippen LogP) is -0.987. The number of hydrogen-bond donors (Lipinski definition) is 2. The summed E-state index contributed by atoms with van der Waals surface area (Å²) in [6.07, 6.45) is 0.148. The van der Waals surface area contributed by atoms with E-state index in [-0.39, 0.29) is 25.0 Å². The second-order valence-corrected chi connectivity index (χ2v) is 2.57. The molecule has 5 nitrogen and oxygen atoms in total. The molecule has 0 fully saturated rings. The molecule has 5 heteroatoms. The summed E-state index contributed by atoms with van der Waals surface area (Å²) in [5, 5.41) is 2.55. The highest BCUT2D eigenvalue weighted by Gasteiger charge is 2.08. The molecule has 0 aromatic heterocycles. The maximum atomic E-state index is 10.8. The fourth-order valence-corrected chi connectivity index (χ4v) is 0.800. The summed E-state index contributed by atoms with van der Waals surface area (Å²) in [4.78, 5) is 21.2. The Kier molecular flexibility index (Phi) is 5.03. The van der Waals surface area contributed by atoms with Gasteiger partial charge in [-0.2, -0.15) is 0 Å². The van der Waals surface area contributed by atoms with E-state index in [1.807, 2.05) is 0 Å². The van der Waals surface area contributed by atoms with Crippen LogP contribution >= 0.6 is 0 Å². The largest absolute Gasteiger partial charge is 0.375 e. The molecule has 1 unspecified atom stereocenters. The van der Waals surface area contributed by atoms with Crippen LogP contribution in [0.1, 0.15) is 13.3 Å². The second-order valence-electron chi connectivity index (χ2n) is 2.57. The van der Waals surface area contributed by atoms with Gasteiger partial charge in [0.2, 0.25) is 11.8 Å². The van der Waals surface area contributed by atoms with E-state index in [0.29, 0.717) is 0 Å². The highest BCUT2D eigenvalue weighted by Crippen LogP contribution is 1.88. The fourth-order valence-electron chi connectivity index (χ4n) is 0.800. The van der Waals surface area contributed by atoms with Crippen molar-refractivity contribution in [2.24, 2.45) is 5.73 Å². The molecule has 70 valence electrons. The van der Waals surface area contributed by atoms with Crippen molar-refractivity contribution in [3.63, 3.8) is 0 Å². The van der Waals surface area contributed by atoms with Gasteiger partial charge in [0, 0.05) is 19.6 Å². The van der Waals surface area contributed by atoms with Gasteiger partial charge in [0.15, 0.2) is 0 Å². The molecule has 0 rings (SSSR count). The molecule has 0 aliphatic carbocycles. The maximum Gasteiger partial charge on any atom is 0.246 e. The van der Waals surface area contributed by atoms with Gasteiger partial charge in [-0.15, -0.1) is 0 Å². The standard InChI is InChI=1S/C7H14N2O3/c1-5(3-6(8)10)9-7(11)4-12-2/h5H,3-4H2,1-2H3,(H2,8,10)(H,9,11). The normalized spacial score (nSPS) is 12.2. The van der Waals surface area contributed by atoms with E-state index < -0.39 is 5.91 Å². The van der Waals surface area contributed by atoms with E-state index in [1.165, 1.54) is 7.11 Å². The minimum atomic E-state index is -0.430. The van der Waals surface area contributed by atoms with Gasteiger partial charge in [0.25, 0.3) is 0 Å². The number of nitrogens with two attached hydrogens (primary N) is 1. The lowest BCUT2D eigenvalue weighted by molar-refractivity contribution is -0.125. The first kappa shape index (κ1) is 10.9. The Hall–Kier alpha value is -1.10. The van der Waals surface area contributed by atoms with Crippen molar-refractivity contribution in [2.45, 2.75) is 19.4 Å². The fraction of sp³-hybridized carbons (Fsp3) is 0.714. The highest BCUT2D eigenvalue weighted by molar-refractivity contribution is 5.79. The summed E-state index contributed by atoms with van der Waals surface area (Å²) in [6.45, 7) is 1.71. The van der Waals surface area contributed by atoms with Gasteiger partial charge in [-0.25, -0.2) is 0 Å². The van der Waals surface area contributed by atoms with Crippen LogP contribution in [-0.4, -0.2) is 31.6 Å². The number of nitrogens with one attached hydrogen (secondary N) is 1. The van der Waals surface area contributed by atoms with E-state index in [1.54, 1.807) is 6.92 Å². The van der Waals surface area contributed by atoms with Crippen molar-refractivity contribution in [2.75, 3.05) is 13.7 Å². The quantitative estimate of drug-likeness (QED) is 0.561. The predicted molar refractivity (Wildman–Crippen MR) is 43.3 cm³/mol. The first-order valence-corrected chi connectivity index (χ1v) is 3.63. The third-order valence-electron chi connectivity index (χ3n) is 1.19. The molecule has 12 heavy (non-hydrogen) atoms. The van der Waals surface area contributed by atoms with Crippen LogP contribution in [0.4, 0.5) is 0 Å². The van der Waals surface area contributed by atoms with Crippen molar-refractivity contribution in [1.29, 1.82) is 0 Å². The van der Waals surface area contributed by atoms with Gasteiger partial charge in [-0.05, 0) is 6.92 Å². The van der Waals surface area contributed by atoms with Crippen LogP contribution in [0.3, 0.4) is 0 Å². The molecule has 0 heterocycles. The van der Waals surface area contributed by atoms with Gasteiger partial charge < -0.3 is 15.8 Å². The van der Waals surface area contributed by atoms with Crippen molar-refractivity contribution in [1.82, 2.24) is 5.32 Å². The van der Waals surface area contributed by atoms with Crippen LogP contribution in [0.15, 0.2) is 0 Å². The number of carbonyl (C=O) groups excluding carboxylic acids is 2. The Morgan fingerprint density at radius 3 is 2.58 bits per heavy atom. The topological polar surface area (TPSA) is 81.4 Å². The minimum absolute atomic E-state index is 0.00308. The molecule has 0 aliphatic heterocycles. The maximum absolute atomic E-state index is 10.8. The van der Waals surface area contributed by atoms with Crippen LogP contribution in [0.25, 0.3) is 0 Å². The molecule has 0 radical (unpaired) electrons. The first-order valence-electron chi connectivity index (χ1n) is 3.63. The minimum Gasteiger partial charge on any atom is -0.375 e. The summed E-state index contributed by atoms with van der Waals surface area (Å²) in [7, 11) is 1.43. The Morgan fingerprint density at radius 1 is 1.58 bits per heavy atom. The van der Waals surface area contributed by atoms with Crippen LogP contribution < -0.4 is 11.1 Å². The molecular formula is C7H14N2O3. The van der Waals surface area contributed by atoms with E-state index in [0.717, 1.165) is 0 Å². The number of hydrogen-bond acceptors (Lipinski definition) is 3. The third-order valence-corrected chi connectivity index (χ3v) is 1.19. The molecular weight excluding hydrogens is 160 g/mol. The number of methoxy groups -OCH3 is 1. The molecule has 2 amide bonds. The highest BCUT2D eigenvalue weighted by atomic mass is 16.5. The lowest BCUT2D eigenvalue weighted by atomic mass is 10.2. The van der Waals surface area contributed by atoms with E-state index in [9.17, 15) is 9.59 Å². The van der Waals surface area contributed by atoms with Gasteiger partial charge in [0.05, 0.1) is 0 Å². The van der Waals surface area contributed by atoms with Crippen molar-refractivity contribution >= 4 is 11.8 Å². The average molecular weight is 174 g/mol. The number of primary amides is 1. The summed E-state index contributed by atoms with van der Waals surface area (Å²) < 4.78 is 4.58. The van der Waals surface area contributed by atoms with Gasteiger partial charge in [0.1, 0.15) is 6.61 Å². The smallest absolute Gasteiger partial charge is 0.246 e. The lowest BCUT2D eigenvalue weighted by Gasteiger charge is -2.10. The number of carbonyl (C=O) groups is 2. The molecule has 0 aromatic rings. The van der Waals surface area contributed by atoms with Crippen LogP contribution in [-0.2, 0) is 14.3 Å². The number of ether oxygens (including phenoxy) is 1. The lowest BCUT2D eigenvalue weighted by Crippen LogP contribution is -2.37. The van der Waals surface area contributed by atoms with Crippen LogP contribution in [0, 0.1) is 0 Å². The molecule has 0 bridgehead atoms. The van der Waals surface area contributed by atoms with Crippen molar-refractivity contribution in [3.8, 4) is 0 Å². The van der Waals surface area contributed by atoms with E-state index in [4.69, 9.17) is 5.73 Å². The number of amides is 2. The first-order chi connectivity index (χ1) is 5.56. The molecule has 0 saturated heterocycles. The Labute approximate surface area is 71.3 Å². The number of rotatable bonds is 5. The molecule has 0 spiro atoms. The molecule has 1 atom stereocenters.